The largest absolute Gasteiger partial charge is 0.352 e. The average molecular weight is 276 g/mol. The van der Waals surface area contributed by atoms with E-state index >= 15 is 0 Å². The van der Waals surface area contributed by atoms with E-state index in [-0.39, 0.29) is 19.0 Å². The molecule has 2 heterocycles. The molecule has 0 bridgehead atoms. The van der Waals surface area contributed by atoms with Gasteiger partial charge in [0.15, 0.2) is 0 Å². The van der Waals surface area contributed by atoms with E-state index in [0.717, 1.165) is 0 Å². The van der Waals surface area contributed by atoms with Gasteiger partial charge in [0, 0.05) is 6.20 Å². The number of halogens is 1. The van der Waals surface area contributed by atoms with E-state index in [2.05, 4.69) is 26.2 Å². The van der Waals surface area contributed by atoms with Crippen LogP contribution in [0.2, 0.25) is 5.02 Å². The number of aromatic nitrogens is 4. The molecule has 0 saturated heterocycles. The molecule has 7 heteroatoms. The van der Waals surface area contributed by atoms with Crippen LogP contribution >= 0.6 is 11.6 Å². The second kappa shape index (κ2) is 5.98. The Kier molecular flexibility index (Phi) is 4.11. The molecule has 0 atom stereocenters. The number of rotatable bonds is 4. The Morgan fingerprint density at radius 1 is 1.47 bits per heavy atom. The second-order valence-electron chi connectivity index (χ2n) is 3.58. The van der Waals surface area contributed by atoms with Crippen LogP contribution in [-0.2, 0) is 6.54 Å². The number of hydrogen-bond donors (Lipinski definition) is 1. The maximum atomic E-state index is 11.8. The summed E-state index contributed by atoms with van der Waals surface area (Å²) in [6, 6.07) is 3.43. The molecular weight excluding hydrogens is 266 g/mol. The summed E-state index contributed by atoms with van der Waals surface area (Å²) in [6.07, 6.45) is 8.07. The van der Waals surface area contributed by atoms with Gasteiger partial charge in [-0.2, -0.15) is 4.98 Å². The maximum absolute atomic E-state index is 11.8. The van der Waals surface area contributed by atoms with Gasteiger partial charge >= 0.3 is 5.69 Å². The van der Waals surface area contributed by atoms with Crippen molar-refractivity contribution in [3.05, 3.63) is 45.9 Å². The molecule has 0 radical (unpaired) electrons. The summed E-state index contributed by atoms with van der Waals surface area (Å²) in [4.78, 5) is 23.6. The molecular formula is C12H10ClN5O. The van der Waals surface area contributed by atoms with Gasteiger partial charge in [-0.1, -0.05) is 17.5 Å². The zero-order valence-corrected chi connectivity index (χ0v) is 10.6. The fourth-order valence-corrected chi connectivity index (χ4v) is 1.56. The van der Waals surface area contributed by atoms with Crippen molar-refractivity contribution in [3.63, 3.8) is 0 Å². The van der Waals surface area contributed by atoms with E-state index in [1.54, 1.807) is 18.3 Å². The second-order valence-corrected chi connectivity index (χ2v) is 3.99. The Hall–Kier alpha value is -2.39. The average Bonchev–Trinajstić information content (AvgIpc) is 2.41. The number of anilines is 1. The number of terminal acetylenes is 1. The molecule has 0 aliphatic heterocycles. The van der Waals surface area contributed by atoms with Crippen LogP contribution in [0.25, 0.3) is 0 Å². The normalized spacial score (nSPS) is 9.89. The number of nitrogens with one attached hydrogen (secondary N) is 1. The van der Waals surface area contributed by atoms with Gasteiger partial charge in [-0.15, -0.1) is 6.42 Å². The molecule has 2 aromatic heterocycles. The predicted octanol–water partition coefficient (Wildman–Crippen LogP) is 0.780. The summed E-state index contributed by atoms with van der Waals surface area (Å²) in [5, 5.41) is 3.21. The summed E-state index contributed by atoms with van der Waals surface area (Å²) in [5.74, 6) is 2.57. The molecule has 0 fully saturated rings. The lowest BCUT2D eigenvalue weighted by atomic mass is 10.3. The van der Waals surface area contributed by atoms with Crippen molar-refractivity contribution in [2.75, 3.05) is 11.9 Å². The fraction of sp³-hybridized carbons (Fsp3) is 0.167. The maximum Gasteiger partial charge on any atom is 0.352 e. The Labute approximate surface area is 114 Å². The highest BCUT2D eigenvalue weighted by Gasteiger charge is 2.05. The summed E-state index contributed by atoms with van der Waals surface area (Å²) in [6.45, 7) is 0.476. The molecule has 2 aromatic rings. The van der Waals surface area contributed by atoms with Crippen molar-refractivity contribution < 1.29 is 0 Å². The highest BCUT2D eigenvalue weighted by molar-refractivity contribution is 6.31. The first-order valence-corrected chi connectivity index (χ1v) is 5.78. The Morgan fingerprint density at radius 2 is 2.32 bits per heavy atom. The minimum atomic E-state index is -0.448. The van der Waals surface area contributed by atoms with E-state index in [9.17, 15) is 4.79 Å². The van der Waals surface area contributed by atoms with Crippen molar-refractivity contribution in [3.8, 4) is 12.3 Å². The molecule has 0 aliphatic rings. The third kappa shape index (κ3) is 3.30. The molecule has 6 nitrogen and oxygen atoms in total. The van der Waals surface area contributed by atoms with E-state index in [4.69, 9.17) is 18.0 Å². The van der Waals surface area contributed by atoms with Gasteiger partial charge in [-0.05, 0) is 12.1 Å². The van der Waals surface area contributed by atoms with Crippen molar-refractivity contribution in [2.45, 2.75) is 6.54 Å². The molecule has 0 amide bonds. The summed E-state index contributed by atoms with van der Waals surface area (Å²) < 4.78 is 1.31. The number of hydrogen-bond acceptors (Lipinski definition) is 5. The SMILES string of the molecule is C#CCNc1ncn(Cc2ncccc2Cl)c(=O)n1. The minimum Gasteiger partial charge on any atom is -0.343 e. The van der Waals surface area contributed by atoms with Gasteiger partial charge in [0.25, 0.3) is 0 Å². The summed E-state index contributed by atoms with van der Waals surface area (Å²) in [5.41, 5.74) is 0.135. The lowest BCUT2D eigenvalue weighted by Crippen LogP contribution is -2.25. The molecule has 1 N–H and O–H groups in total. The third-order valence-electron chi connectivity index (χ3n) is 2.27. The first-order chi connectivity index (χ1) is 9.20. The molecule has 0 aliphatic carbocycles. The van der Waals surface area contributed by atoms with Crippen LogP contribution in [0.4, 0.5) is 5.95 Å². The van der Waals surface area contributed by atoms with Crippen molar-refractivity contribution in [1.29, 1.82) is 0 Å². The first kappa shape index (κ1) is 13.1. The zero-order valence-electron chi connectivity index (χ0n) is 9.88. The smallest absolute Gasteiger partial charge is 0.343 e. The van der Waals surface area contributed by atoms with Crippen LogP contribution in [-0.4, -0.2) is 26.1 Å². The topological polar surface area (TPSA) is 72.7 Å². The standard InChI is InChI=1S/C12H10ClN5O/c1-2-5-15-11-16-8-18(12(19)17-11)7-10-9(13)4-3-6-14-10/h1,3-4,6,8H,5,7H2,(H,15,17,19). The van der Waals surface area contributed by atoms with Crippen molar-refractivity contribution >= 4 is 17.5 Å². The van der Waals surface area contributed by atoms with Crippen LogP contribution < -0.4 is 11.0 Å². The van der Waals surface area contributed by atoms with E-state index in [1.165, 1.54) is 10.9 Å². The fourth-order valence-electron chi connectivity index (χ4n) is 1.38. The Bertz CT molecular complexity index is 676. The lowest BCUT2D eigenvalue weighted by molar-refractivity contribution is 0.688. The van der Waals surface area contributed by atoms with Crippen LogP contribution in [0.3, 0.4) is 0 Å². The van der Waals surface area contributed by atoms with Crippen LogP contribution in [0.15, 0.2) is 29.5 Å². The van der Waals surface area contributed by atoms with Gasteiger partial charge in [0.2, 0.25) is 5.95 Å². The Morgan fingerprint density at radius 3 is 3.00 bits per heavy atom. The summed E-state index contributed by atoms with van der Waals surface area (Å²) >= 11 is 5.97. The molecule has 2 rings (SSSR count). The van der Waals surface area contributed by atoms with Crippen LogP contribution in [0, 0.1) is 12.3 Å². The van der Waals surface area contributed by atoms with Gasteiger partial charge in [-0.3, -0.25) is 9.55 Å². The van der Waals surface area contributed by atoms with Crippen LogP contribution in [0.5, 0.6) is 0 Å². The molecule has 0 saturated carbocycles. The first-order valence-electron chi connectivity index (χ1n) is 5.41. The van der Waals surface area contributed by atoms with Crippen LogP contribution in [0.1, 0.15) is 5.69 Å². The number of nitrogens with zero attached hydrogens (tertiary/aromatic N) is 4. The van der Waals surface area contributed by atoms with Gasteiger partial charge in [0.1, 0.15) is 6.33 Å². The predicted molar refractivity (Wildman–Crippen MR) is 72.0 cm³/mol. The van der Waals surface area contributed by atoms with Gasteiger partial charge in [-0.25, -0.2) is 9.78 Å². The highest BCUT2D eigenvalue weighted by atomic mass is 35.5. The number of pyridine rings is 1. The molecule has 0 unspecified atom stereocenters. The van der Waals surface area contributed by atoms with E-state index < -0.39 is 5.69 Å². The van der Waals surface area contributed by atoms with Gasteiger partial charge in [0.05, 0.1) is 23.8 Å². The molecule has 19 heavy (non-hydrogen) atoms. The van der Waals surface area contributed by atoms with Gasteiger partial charge < -0.3 is 5.32 Å². The monoisotopic (exact) mass is 275 g/mol. The van der Waals surface area contributed by atoms with Crippen molar-refractivity contribution in [2.24, 2.45) is 0 Å². The van der Waals surface area contributed by atoms with E-state index in [0.29, 0.717) is 10.7 Å². The molecule has 0 aromatic carbocycles. The third-order valence-corrected chi connectivity index (χ3v) is 2.61. The quantitative estimate of drug-likeness (QED) is 0.835. The van der Waals surface area contributed by atoms with Crippen molar-refractivity contribution in [1.82, 2.24) is 19.5 Å². The zero-order chi connectivity index (χ0) is 13.7. The highest BCUT2D eigenvalue weighted by Crippen LogP contribution is 2.12. The molecule has 0 spiro atoms. The minimum absolute atomic E-state index is 0.200. The molecule has 96 valence electrons. The Balaban J connectivity index is 2.21. The van der Waals surface area contributed by atoms with E-state index in [1.807, 2.05) is 0 Å². The lowest BCUT2D eigenvalue weighted by Gasteiger charge is -2.06. The summed E-state index contributed by atoms with van der Waals surface area (Å²) in [7, 11) is 0.